The van der Waals surface area contributed by atoms with Crippen LogP contribution in [0.25, 0.3) is 0 Å². The van der Waals surface area contributed by atoms with Crippen LogP contribution in [-0.4, -0.2) is 11.9 Å². The van der Waals surface area contributed by atoms with E-state index in [1.807, 2.05) is 0 Å². The van der Waals surface area contributed by atoms with Crippen molar-refractivity contribution in [3.63, 3.8) is 0 Å². The predicted octanol–water partition coefficient (Wildman–Crippen LogP) is 3.08. The monoisotopic (exact) mass is 222 g/mol. The Morgan fingerprint density at radius 2 is 2.13 bits per heavy atom. The van der Waals surface area contributed by atoms with Crippen molar-refractivity contribution >= 4 is 17.4 Å². The summed E-state index contributed by atoms with van der Waals surface area (Å²) in [4.78, 5) is 11.8. The minimum Gasteiger partial charge on any atom is -0.489 e. The van der Waals surface area contributed by atoms with Crippen LogP contribution in [0, 0.1) is 5.92 Å². The quantitative estimate of drug-likeness (QED) is 0.730. The first-order valence-electron chi connectivity index (χ1n) is 5.23. The molecule has 1 aromatic carbocycles. The molecule has 15 heavy (non-hydrogen) atoms. The number of rotatable bonds is 1. The zero-order valence-electron chi connectivity index (χ0n) is 8.20. The molecule has 0 amide bonds. The molecule has 0 saturated heterocycles. The van der Waals surface area contributed by atoms with Crippen molar-refractivity contribution in [2.24, 2.45) is 5.92 Å². The lowest BCUT2D eigenvalue weighted by atomic mass is 9.98. The van der Waals surface area contributed by atoms with Gasteiger partial charge in [0.05, 0.1) is 5.56 Å². The van der Waals surface area contributed by atoms with Gasteiger partial charge in [-0.1, -0.05) is 11.6 Å². The number of halogens is 1. The fourth-order valence-electron chi connectivity index (χ4n) is 2.05. The second-order valence-electron chi connectivity index (χ2n) is 4.26. The van der Waals surface area contributed by atoms with Gasteiger partial charge in [-0.3, -0.25) is 4.79 Å². The number of carbonyl (C=O) groups is 1. The summed E-state index contributed by atoms with van der Waals surface area (Å²) >= 11 is 5.85. The van der Waals surface area contributed by atoms with E-state index < -0.39 is 0 Å². The first-order chi connectivity index (χ1) is 7.24. The Labute approximate surface area is 93.2 Å². The van der Waals surface area contributed by atoms with Crippen molar-refractivity contribution in [1.29, 1.82) is 0 Å². The van der Waals surface area contributed by atoms with E-state index in [2.05, 4.69) is 0 Å². The van der Waals surface area contributed by atoms with Crippen molar-refractivity contribution in [2.75, 3.05) is 0 Å². The van der Waals surface area contributed by atoms with Crippen LogP contribution in [0.1, 0.15) is 29.6 Å². The molecule has 1 unspecified atom stereocenters. The van der Waals surface area contributed by atoms with Gasteiger partial charge >= 0.3 is 0 Å². The van der Waals surface area contributed by atoms with E-state index in [0.717, 1.165) is 0 Å². The fourth-order valence-corrected chi connectivity index (χ4v) is 2.22. The second-order valence-corrected chi connectivity index (χ2v) is 4.70. The molecule has 0 N–H and O–H groups in total. The lowest BCUT2D eigenvalue weighted by molar-refractivity contribution is 0.0819. The minimum absolute atomic E-state index is 0.103. The van der Waals surface area contributed by atoms with Gasteiger partial charge in [0, 0.05) is 11.4 Å². The van der Waals surface area contributed by atoms with Crippen molar-refractivity contribution in [3.05, 3.63) is 28.8 Å². The van der Waals surface area contributed by atoms with E-state index in [-0.39, 0.29) is 11.9 Å². The largest absolute Gasteiger partial charge is 0.489 e. The number of carbonyl (C=O) groups excluding carboxylic acids is 1. The van der Waals surface area contributed by atoms with E-state index >= 15 is 0 Å². The number of fused-ring (bicyclic) bond motifs is 1. The van der Waals surface area contributed by atoms with E-state index in [0.29, 0.717) is 28.7 Å². The standard InChI is InChI=1S/C12H11ClO2/c13-8-3-4-11-9(5-8)10(14)6-12(15-11)7-1-2-7/h3-5,7,12H,1-2,6H2. The maximum absolute atomic E-state index is 11.8. The van der Waals surface area contributed by atoms with Crippen molar-refractivity contribution in [1.82, 2.24) is 0 Å². The topological polar surface area (TPSA) is 26.3 Å². The Kier molecular flexibility index (Phi) is 1.99. The zero-order chi connectivity index (χ0) is 10.4. The second kappa shape index (κ2) is 3.24. The Bertz CT molecular complexity index is 424. The smallest absolute Gasteiger partial charge is 0.170 e. The van der Waals surface area contributed by atoms with Crippen LogP contribution in [0.15, 0.2) is 18.2 Å². The molecule has 2 aliphatic rings. The average Bonchev–Trinajstić information content (AvgIpc) is 3.02. The summed E-state index contributed by atoms with van der Waals surface area (Å²) < 4.78 is 5.80. The van der Waals surface area contributed by atoms with Crippen LogP contribution in [0.5, 0.6) is 5.75 Å². The van der Waals surface area contributed by atoms with Gasteiger partial charge in [0.15, 0.2) is 5.78 Å². The molecule has 3 heteroatoms. The van der Waals surface area contributed by atoms with Crippen LogP contribution < -0.4 is 4.74 Å². The van der Waals surface area contributed by atoms with Gasteiger partial charge in [0.2, 0.25) is 0 Å². The van der Waals surface area contributed by atoms with Crippen molar-refractivity contribution in [2.45, 2.75) is 25.4 Å². The Hall–Kier alpha value is -1.02. The molecular formula is C12H11ClO2. The molecule has 78 valence electrons. The summed E-state index contributed by atoms with van der Waals surface area (Å²) in [6.45, 7) is 0. The lowest BCUT2D eigenvalue weighted by Crippen LogP contribution is -2.28. The Morgan fingerprint density at radius 3 is 2.87 bits per heavy atom. The molecule has 0 radical (unpaired) electrons. The third-order valence-corrected chi connectivity index (χ3v) is 3.29. The number of hydrogen-bond donors (Lipinski definition) is 0. The van der Waals surface area contributed by atoms with E-state index in [9.17, 15) is 4.79 Å². The highest BCUT2D eigenvalue weighted by atomic mass is 35.5. The molecule has 1 fully saturated rings. The maximum atomic E-state index is 11.8. The van der Waals surface area contributed by atoms with Crippen molar-refractivity contribution in [3.8, 4) is 5.75 Å². The predicted molar refractivity (Wildman–Crippen MR) is 57.5 cm³/mol. The van der Waals surface area contributed by atoms with Crippen LogP contribution in [0.3, 0.4) is 0 Å². The SMILES string of the molecule is O=C1CC(C2CC2)Oc2ccc(Cl)cc21. The lowest BCUT2D eigenvalue weighted by Gasteiger charge is -2.25. The number of ketones is 1. The molecule has 0 spiro atoms. The summed E-state index contributed by atoms with van der Waals surface area (Å²) in [6, 6.07) is 5.26. The van der Waals surface area contributed by atoms with Crippen LogP contribution in [0.2, 0.25) is 5.02 Å². The maximum Gasteiger partial charge on any atom is 0.170 e. The Morgan fingerprint density at radius 1 is 1.33 bits per heavy atom. The number of ether oxygens (including phenoxy) is 1. The van der Waals surface area contributed by atoms with E-state index in [4.69, 9.17) is 16.3 Å². The molecule has 1 aliphatic carbocycles. The number of Topliss-reactive ketones (excluding diaryl/α,β-unsaturated/α-hetero) is 1. The van der Waals surface area contributed by atoms with E-state index in [1.54, 1.807) is 18.2 Å². The minimum atomic E-state index is 0.103. The molecule has 2 nitrogen and oxygen atoms in total. The molecule has 1 aromatic rings. The number of benzene rings is 1. The molecule has 1 aliphatic heterocycles. The van der Waals surface area contributed by atoms with Crippen molar-refractivity contribution < 1.29 is 9.53 Å². The third kappa shape index (κ3) is 1.63. The zero-order valence-corrected chi connectivity index (χ0v) is 8.96. The first kappa shape index (κ1) is 9.22. The van der Waals surface area contributed by atoms with Gasteiger partial charge in [0.1, 0.15) is 11.9 Å². The van der Waals surface area contributed by atoms with Crippen LogP contribution in [-0.2, 0) is 0 Å². The van der Waals surface area contributed by atoms with Gasteiger partial charge in [-0.05, 0) is 37.0 Å². The highest BCUT2D eigenvalue weighted by Gasteiger charge is 2.38. The van der Waals surface area contributed by atoms with Gasteiger partial charge in [-0.25, -0.2) is 0 Å². The molecule has 3 rings (SSSR count). The summed E-state index contributed by atoms with van der Waals surface area (Å²) in [5.41, 5.74) is 0.638. The normalized spacial score (nSPS) is 24.6. The molecular weight excluding hydrogens is 212 g/mol. The summed E-state index contributed by atoms with van der Waals surface area (Å²) in [6.07, 6.45) is 3.01. The third-order valence-electron chi connectivity index (χ3n) is 3.05. The van der Waals surface area contributed by atoms with Gasteiger partial charge in [-0.15, -0.1) is 0 Å². The van der Waals surface area contributed by atoms with Gasteiger partial charge < -0.3 is 4.74 Å². The van der Waals surface area contributed by atoms with Gasteiger partial charge in [0.25, 0.3) is 0 Å². The first-order valence-corrected chi connectivity index (χ1v) is 5.61. The summed E-state index contributed by atoms with van der Waals surface area (Å²) in [5.74, 6) is 1.46. The molecule has 0 bridgehead atoms. The average molecular weight is 223 g/mol. The molecule has 1 saturated carbocycles. The molecule has 1 heterocycles. The fraction of sp³-hybridized carbons (Fsp3) is 0.417. The van der Waals surface area contributed by atoms with Crippen LogP contribution in [0.4, 0.5) is 0 Å². The van der Waals surface area contributed by atoms with E-state index in [1.165, 1.54) is 12.8 Å². The highest BCUT2D eigenvalue weighted by molar-refractivity contribution is 6.31. The Balaban J connectivity index is 1.96. The number of hydrogen-bond acceptors (Lipinski definition) is 2. The summed E-state index contributed by atoms with van der Waals surface area (Å²) in [5, 5.41) is 0.593. The molecule has 1 atom stereocenters. The van der Waals surface area contributed by atoms with Gasteiger partial charge in [-0.2, -0.15) is 0 Å². The molecule has 0 aromatic heterocycles. The van der Waals surface area contributed by atoms with Crippen LogP contribution >= 0.6 is 11.6 Å². The highest BCUT2D eigenvalue weighted by Crippen LogP contribution is 2.40. The summed E-state index contributed by atoms with van der Waals surface area (Å²) in [7, 11) is 0.